The topological polar surface area (TPSA) is 113 Å². The normalized spacial score (nSPS) is 29.0. The van der Waals surface area contributed by atoms with Gasteiger partial charge in [0.2, 0.25) is 5.91 Å². The van der Waals surface area contributed by atoms with Gasteiger partial charge in [-0.05, 0) is 13.0 Å². The molecule has 1 saturated heterocycles. The lowest BCUT2D eigenvalue weighted by Crippen LogP contribution is -2.44. The highest BCUT2D eigenvalue weighted by Gasteiger charge is 2.47. The van der Waals surface area contributed by atoms with Crippen LogP contribution in [0.15, 0.2) is 0 Å². The molecule has 0 bridgehead atoms. The van der Waals surface area contributed by atoms with Gasteiger partial charge in [0.05, 0.1) is 31.5 Å². The average molecular weight is 318 g/mol. The van der Waals surface area contributed by atoms with E-state index in [1.165, 1.54) is 0 Å². The van der Waals surface area contributed by atoms with Gasteiger partial charge in [-0.15, -0.1) is 0 Å². The van der Waals surface area contributed by atoms with E-state index in [-0.39, 0.29) is 32.1 Å². The molecule has 130 valence electrons. The minimum absolute atomic E-state index is 0.0442. The van der Waals surface area contributed by atoms with Gasteiger partial charge in [0.25, 0.3) is 0 Å². The third-order valence-electron chi connectivity index (χ3n) is 4.28. The lowest BCUT2D eigenvalue weighted by molar-refractivity contribution is -0.123. The number of amides is 1. The number of hydrogen-bond donors (Lipinski definition) is 5. The standard InChI is InChI=1S/C15H30N2O5/c1-2-3-4-5-7-17-11(9-13(20)16-6-8-18)14(21)15(22)12(17)10-19/h11-12,14-15,18-19,21-22H,2-10H2,1H3,(H,16,20)/t11-,12-,14+,15-/m1/s1. The summed E-state index contributed by atoms with van der Waals surface area (Å²) in [5.74, 6) is -0.276. The number of aliphatic hydroxyl groups is 4. The summed E-state index contributed by atoms with van der Waals surface area (Å²) >= 11 is 0. The van der Waals surface area contributed by atoms with Crippen molar-refractivity contribution in [2.45, 2.75) is 63.3 Å². The third kappa shape index (κ3) is 5.17. The van der Waals surface area contributed by atoms with Gasteiger partial charge < -0.3 is 25.7 Å². The molecule has 0 unspecified atom stereocenters. The highest BCUT2D eigenvalue weighted by molar-refractivity contribution is 5.76. The first-order valence-corrected chi connectivity index (χ1v) is 8.17. The molecule has 0 radical (unpaired) electrons. The first kappa shape index (κ1) is 19.3. The molecule has 1 rings (SSSR count). The molecule has 4 atom stereocenters. The van der Waals surface area contributed by atoms with Gasteiger partial charge in [-0.25, -0.2) is 0 Å². The summed E-state index contributed by atoms with van der Waals surface area (Å²) in [6.07, 6.45) is 2.11. The van der Waals surface area contributed by atoms with Crippen LogP contribution in [0.3, 0.4) is 0 Å². The molecule has 0 aromatic heterocycles. The quantitative estimate of drug-likeness (QED) is 0.325. The Hall–Kier alpha value is -0.730. The fraction of sp³-hybridized carbons (Fsp3) is 0.933. The second-order valence-electron chi connectivity index (χ2n) is 5.87. The Labute approximate surface area is 131 Å². The van der Waals surface area contributed by atoms with Gasteiger partial charge in [0.15, 0.2) is 0 Å². The van der Waals surface area contributed by atoms with E-state index >= 15 is 0 Å². The van der Waals surface area contributed by atoms with E-state index in [4.69, 9.17) is 5.11 Å². The molecule has 0 spiro atoms. The zero-order valence-electron chi connectivity index (χ0n) is 13.3. The van der Waals surface area contributed by atoms with E-state index in [0.29, 0.717) is 6.54 Å². The summed E-state index contributed by atoms with van der Waals surface area (Å²) in [5.41, 5.74) is 0. The van der Waals surface area contributed by atoms with Crippen LogP contribution >= 0.6 is 0 Å². The van der Waals surface area contributed by atoms with Crippen molar-refractivity contribution in [3.63, 3.8) is 0 Å². The number of rotatable bonds is 10. The minimum Gasteiger partial charge on any atom is -0.395 e. The number of carbonyl (C=O) groups is 1. The van der Waals surface area contributed by atoms with Crippen LogP contribution < -0.4 is 5.32 Å². The predicted molar refractivity (Wildman–Crippen MR) is 82.2 cm³/mol. The highest BCUT2D eigenvalue weighted by atomic mass is 16.3. The van der Waals surface area contributed by atoms with Crippen molar-refractivity contribution in [3.05, 3.63) is 0 Å². The van der Waals surface area contributed by atoms with Crippen molar-refractivity contribution in [2.75, 3.05) is 26.3 Å². The Balaban J connectivity index is 2.64. The number of unbranched alkanes of at least 4 members (excludes halogenated alkanes) is 3. The fourth-order valence-electron chi connectivity index (χ4n) is 3.05. The summed E-state index contributed by atoms with van der Waals surface area (Å²) in [5, 5.41) is 41.0. The van der Waals surface area contributed by atoms with Crippen LogP contribution in [0.4, 0.5) is 0 Å². The second-order valence-corrected chi connectivity index (χ2v) is 5.87. The summed E-state index contributed by atoms with van der Waals surface area (Å²) < 4.78 is 0. The number of likely N-dealkylation sites (tertiary alicyclic amines) is 1. The number of nitrogens with zero attached hydrogens (tertiary/aromatic N) is 1. The van der Waals surface area contributed by atoms with Crippen LogP contribution in [0.2, 0.25) is 0 Å². The zero-order valence-corrected chi connectivity index (χ0v) is 13.3. The van der Waals surface area contributed by atoms with Crippen LogP contribution in [0.1, 0.15) is 39.0 Å². The Kier molecular flexibility index (Phi) is 8.89. The van der Waals surface area contributed by atoms with Gasteiger partial charge in [0.1, 0.15) is 0 Å². The molecule has 22 heavy (non-hydrogen) atoms. The average Bonchev–Trinajstić information content (AvgIpc) is 2.73. The van der Waals surface area contributed by atoms with Gasteiger partial charge in [-0.3, -0.25) is 9.69 Å². The van der Waals surface area contributed by atoms with Crippen LogP contribution in [0, 0.1) is 0 Å². The van der Waals surface area contributed by atoms with Crippen molar-refractivity contribution in [1.82, 2.24) is 10.2 Å². The van der Waals surface area contributed by atoms with Gasteiger partial charge in [-0.2, -0.15) is 0 Å². The number of nitrogens with one attached hydrogen (secondary N) is 1. The van der Waals surface area contributed by atoms with E-state index in [1.54, 1.807) is 0 Å². The molecule has 1 heterocycles. The van der Waals surface area contributed by atoms with Crippen LogP contribution in [0.25, 0.3) is 0 Å². The van der Waals surface area contributed by atoms with E-state index in [9.17, 15) is 20.1 Å². The maximum atomic E-state index is 11.8. The largest absolute Gasteiger partial charge is 0.395 e. The van der Waals surface area contributed by atoms with Gasteiger partial charge in [-0.1, -0.05) is 26.2 Å². The number of hydrogen-bond acceptors (Lipinski definition) is 6. The summed E-state index contributed by atoms with van der Waals surface area (Å²) in [6.45, 7) is 2.54. The molecule has 1 aliphatic heterocycles. The molecule has 0 aliphatic carbocycles. The Bertz CT molecular complexity index is 329. The number of carbonyl (C=O) groups excluding carboxylic acids is 1. The first-order valence-electron chi connectivity index (χ1n) is 8.17. The molecule has 0 aromatic rings. The van der Waals surface area contributed by atoms with E-state index in [0.717, 1.165) is 25.7 Å². The fourth-order valence-corrected chi connectivity index (χ4v) is 3.05. The molecule has 7 heteroatoms. The minimum atomic E-state index is -1.05. The van der Waals surface area contributed by atoms with Crippen molar-refractivity contribution >= 4 is 5.91 Å². The van der Waals surface area contributed by atoms with Crippen molar-refractivity contribution in [3.8, 4) is 0 Å². The lowest BCUT2D eigenvalue weighted by atomic mass is 10.1. The van der Waals surface area contributed by atoms with Crippen molar-refractivity contribution in [2.24, 2.45) is 0 Å². The first-order chi connectivity index (χ1) is 10.6. The van der Waals surface area contributed by atoms with Crippen LogP contribution in [-0.4, -0.2) is 81.8 Å². The molecular weight excluding hydrogens is 288 g/mol. The Morgan fingerprint density at radius 1 is 1.09 bits per heavy atom. The molecule has 7 nitrogen and oxygen atoms in total. The highest BCUT2D eigenvalue weighted by Crippen LogP contribution is 2.28. The Morgan fingerprint density at radius 3 is 2.36 bits per heavy atom. The molecule has 1 aliphatic rings. The zero-order chi connectivity index (χ0) is 16.5. The maximum absolute atomic E-state index is 11.8. The Morgan fingerprint density at radius 2 is 1.77 bits per heavy atom. The van der Waals surface area contributed by atoms with Crippen molar-refractivity contribution < 1.29 is 25.2 Å². The van der Waals surface area contributed by atoms with E-state index in [2.05, 4.69) is 12.2 Å². The number of aliphatic hydroxyl groups excluding tert-OH is 4. The predicted octanol–water partition coefficient (Wildman–Crippen LogP) is -1.17. The molecule has 5 N–H and O–H groups in total. The van der Waals surface area contributed by atoms with E-state index < -0.39 is 24.3 Å². The van der Waals surface area contributed by atoms with Gasteiger partial charge in [0, 0.05) is 19.0 Å². The third-order valence-corrected chi connectivity index (χ3v) is 4.28. The molecule has 1 fully saturated rings. The molecule has 0 aromatic carbocycles. The molecule has 1 amide bonds. The summed E-state index contributed by atoms with van der Waals surface area (Å²) in [4.78, 5) is 13.7. The smallest absolute Gasteiger partial charge is 0.221 e. The van der Waals surface area contributed by atoms with Crippen LogP contribution in [0.5, 0.6) is 0 Å². The second kappa shape index (κ2) is 10.1. The van der Waals surface area contributed by atoms with E-state index in [1.807, 2.05) is 4.90 Å². The SMILES string of the molecule is CCCCCCN1[C@H](CC(=O)NCCO)[C@H](O)[C@H](O)[C@H]1CO. The monoisotopic (exact) mass is 318 g/mol. The summed E-state index contributed by atoms with van der Waals surface area (Å²) in [7, 11) is 0. The van der Waals surface area contributed by atoms with Crippen LogP contribution in [-0.2, 0) is 4.79 Å². The van der Waals surface area contributed by atoms with Gasteiger partial charge >= 0.3 is 0 Å². The summed E-state index contributed by atoms with van der Waals surface area (Å²) in [6, 6.07) is -1.04. The lowest BCUT2D eigenvalue weighted by Gasteiger charge is -2.29. The van der Waals surface area contributed by atoms with Crippen molar-refractivity contribution in [1.29, 1.82) is 0 Å². The molecule has 0 saturated carbocycles. The molecular formula is C15H30N2O5. The maximum Gasteiger partial charge on any atom is 0.221 e.